The number of aromatic nitrogens is 1. The van der Waals surface area contributed by atoms with Gasteiger partial charge in [0.2, 0.25) is 0 Å². The summed E-state index contributed by atoms with van der Waals surface area (Å²) in [6.07, 6.45) is -3.51. The Morgan fingerprint density at radius 1 is 1.06 bits per heavy atom. The maximum atomic E-state index is 12.5. The molecule has 2 aromatic rings. The number of aromatic amines is 1. The van der Waals surface area contributed by atoms with Crippen LogP contribution in [0.4, 0.5) is 13.2 Å². The van der Waals surface area contributed by atoms with Gasteiger partial charge in [-0.05, 0) is 11.6 Å². The van der Waals surface area contributed by atoms with Crippen molar-refractivity contribution < 1.29 is 13.2 Å². The van der Waals surface area contributed by atoms with Crippen LogP contribution in [0.1, 0.15) is 5.56 Å². The molecular formula is C12H8F3NS. The Bertz CT molecular complexity index is 572. The van der Waals surface area contributed by atoms with Crippen LogP contribution in [-0.2, 0) is 6.18 Å². The molecule has 0 radical (unpaired) electrons. The molecule has 0 spiro atoms. The average molecular weight is 255 g/mol. The minimum absolute atomic E-state index is 0.199. The molecule has 0 fully saturated rings. The van der Waals surface area contributed by atoms with Gasteiger partial charge in [0.1, 0.15) is 0 Å². The minimum atomic E-state index is -4.41. The molecule has 0 bridgehead atoms. The topological polar surface area (TPSA) is 15.8 Å². The molecule has 0 saturated carbocycles. The summed E-state index contributed by atoms with van der Waals surface area (Å²) in [6, 6.07) is 10.4. The highest BCUT2D eigenvalue weighted by molar-refractivity contribution is 7.71. The van der Waals surface area contributed by atoms with Crippen molar-refractivity contribution in [2.75, 3.05) is 0 Å². The summed E-state index contributed by atoms with van der Waals surface area (Å²) >= 11 is 4.75. The molecule has 1 N–H and O–H groups in total. The van der Waals surface area contributed by atoms with Crippen molar-refractivity contribution in [1.29, 1.82) is 0 Å². The highest BCUT2D eigenvalue weighted by Gasteiger charge is 2.32. The van der Waals surface area contributed by atoms with E-state index in [1.807, 2.05) is 18.2 Å². The van der Waals surface area contributed by atoms with Crippen molar-refractivity contribution in [1.82, 2.24) is 4.98 Å². The lowest BCUT2D eigenvalue weighted by molar-refractivity contribution is -0.138. The quantitative estimate of drug-likeness (QED) is 0.745. The van der Waals surface area contributed by atoms with Gasteiger partial charge in [-0.15, -0.1) is 0 Å². The maximum absolute atomic E-state index is 12.5. The van der Waals surface area contributed by atoms with Crippen molar-refractivity contribution in [3.05, 3.63) is 52.7 Å². The lowest BCUT2D eigenvalue weighted by Gasteiger charge is -2.08. The van der Waals surface area contributed by atoms with Crippen LogP contribution in [0.15, 0.2) is 42.6 Å². The molecule has 0 atom stereocenters. The minimum Gasteiger partial charge on any atom is -0.360 e. The van der Waals surface area contributed by atoms with E-state index in [4.69, 9.17) is 12.2 Å². The molecular weight excluding hydrogens is 247 g/mol. The number of hydrogen-bond acceptors (Lipinski definition) is 1. The third-order valence-electron chi connectivity index (χ3n) is 2.30. The molecule has 1 aromatic heterocycles. The van der Waals surface area contributed by atoms with Gasteiger partial charge in [-0.1, -0.05) is 42.5 Å². The second-order valence-corrected chi connectivity index (χ2v) is 3.93. The molecule has 5 heteroatoms. The van der Waals surface area contributed by atoms with Crippen LogP contribution in [0.3, 0.4) is 0 Å². The zero-order chi connectivity index (χ0) is 12.5. The van der Waals surface area contributed by atoms with E-state index in [1.165, 1.54) is 6.07 Å². The number of H-pyrrole nitrogens is 1. The van der Waals surface area contributed by atoms with Crippen LogP contribution in [0.5, 0.6) is 0 Å². The summed E-state index contributed by atoms with van der Waals surface area (Å²) in [4.78, 5) is 2.61. The predicted molar refractivity (Wildman–Crippen MR) is 62.1 cm³/mol. The zero-order valence-corrected chi connectivity index (χ0v) is 9.40. The van der Waals surface area contributed by atoms with E-state index in [0.29, 0.717) is 5.69 Å². The predicted octanol–water partition coefficient (Wildman–Crippen LogP) is 4.43. The van der Waals surface area contributed by atoms with Crippen LogP contribution in [0.2, 0.25) is 0 Å². The van der Waals surface area contributed by atoms with E-state index in [9.17, 15) is 13.2 Å². The van der Waals surface area contributed by atoms with Crippen molar-refractivity contribution >= 4 is 12.2 Å². The van der Waals surface area contributed by atoms with E-state index >= 15 is 0 Å². The van der Waals surface area contributed by atoms with Crippen molar-refractivity contribution in [2.45, 2.75) is 6.18 Å². The Labute approximate surface area is 101 Å². The first-order valence-electron chi connectivity index (χ1n) is 4.84. The van der Waals surface area contributed by atoms with Gasteiger partial charge < -0.3 is 4.98 Å². The molecule has 1 aromatic carbocycles. The van der Waals surface area contributed by atoms with Crippen molar-refractivity contribution in [3.63, 3.8) is 0 Å². The van der Waals surface area contributed by atoms with Gasteiger partial charge in [0.05, 0.1) is 10.1 Å². The molecule has 17 heavy (non-hydrogen) atoms. The fraction of sp³-hybridized carbons (Fsp3) is 0.0833. The molecule has 0 amide bonds. The van der Waals surface area contributed by atoms with Crippen molar-refractivity contribution in [3.8, 4) is 11.3 Å². The maximum Gasteiger partial charge on any atom is 0.419 e. The normalized spacial score (nSPS) is 11.5. The third-order valence-corrected chi connectivity index (χ3v) is 2.64. The highest BCUT2D eigenvalue weighted by Crippen LogP contribution is 2.30. The Balaban J connectivity index is 2.49. The van der Waals surface area contributed by atoms with E-state index in [-0.39, 0.29) is 4.51 Å². The smallest absolute Gasteiger partial charge is 0.360 e. The number of hydrogen-bond donors (Lipinski definition) is 1. The largest absolute Gasteiger partial charge is 0.419 e. The van der Waals surface area contributed by atoms with Gasteiger partial charge in [-0.25, -0.2) is 0 Å². The number of rotatable bonds is 1. The zero-order valence-electron chi connectivity index (χ0n) is 8.58. The van der Waals surface area contributed by atoms with Crippen LogP contribution in [0, 0.1) is 4.51 Å². The summed E-state index contributed by atoms with van der Waals surface area (Å²) in [5.74, 6) is 0. The molecule has 88 valence electrons. The average Bonchev–Trinajstić information content (AvgIpc) is 2.28. The first kappa shape index (κ1) is 11.9. The first-order valence-corrected chi connectivity index (χ1v) is 5.24. The van der Waals surface area contributed by atoms with Gasteiger partial charge in [0.25, 0.3) is 0 Å². The Hall–Kier alpha value is -1.62. The lowest BCUT2D eigenvalue weighted by atomic mass is 10.1. The van der Waals surface area contributed by atoms with Gasteiger partial charge in [-0.2, -0.15) is 13.2 Å². The van der Waals surface area contributed by atoms with Gasteiger partial charge in [-0.3, -0.25) is 0 Å². The molecule has 2 rings (SSSR count). The van der Waals surface area contributed by atoms with Crippen molar-refractivity contribution in [2.24, 2.45) is 0 Å². The van der Waals surface area contributed by atoms with Gasteiger partial charge in [0.15, 0.2) is 0 Å². The Morgan fingerprint density at radius 2 is 1.71 bits per heavy atom. The second kappa shape index (κ2) is 4.33. The molecule has 0 aliphatic rings. The van der Waals surface area contributed by atoms with Crippen LogP contribution in [0.25, 0.3) is 11.3 Å². The molecule has 1 heterocycles. The van der Waals surface area contributed by atoms with E-state index in [1.54, 1.807) is 12.1 Å². The molecule has 0 unspecified atom stereocenters. The van der Waals surface area contributed by atoms with E-state index < -0.39 is 11.7 Å². The molecule has 0 saturated heterocycles. The number of benzene rings is 1. The monoisotopic (exact) mass is 255 g/mol. The summed E-state index contributed by atoms with van der Waals surface area (Å²) < 4.78 is 37.3. The standard InChI is InChI=1S/C12H8F3NS/c13-12(14,15)9-7-16-10(6-11(9)17)8-4-2-1-3-5-8/h1-7H,(H,16,17). The van der Waals surface area contributed by atoms with E-state index in [2.05, 4.69) is 4.98 Å². The summed E-state index contributed by atoms with van der Waals surface area (Å²) in [7, 11) is 0. The lowest BCUT2D eigenvalue weighted by Crippen LogP contribution is -2.06. The molecule has 0 aliphatic heterocycles. The fourth-order valence-corrected chi connectivity index (χ4v) is 1.77. The van der Waals surface area contributed by atoms with Crippen LogP contribution >= 0.6 is 12.2 Å². The summed E-state index contributed by atoms with van der Waals surface area (Å²) in [5, 5.41) is 0. The van der Waals surface area contributed by atoms with Crippen LogP contribution < -0.4 is 0 Å². The summed E-state index contributed by atoms with van der Waals surface area (Å²) in [5.41, 5.74) is 0.558. The fourth-order valence-electron chi connectivity index (χ4n) is 1.48. The Kier molecular flexibility index (Phi) is 3.02. The second-order valence-electron chi connectivity index (χ2n) is 3.49. The number of pyridine rings is 1. The van der Waals surface area contributed by atoms with Gasteiger partial charge in [0, 0.05) is 11.9 Å². The molecule has 1 nitrogen and oxygen atoms in total. The molecule has 0 aliphatic carbocycles. The SMILES string of the molecule is FC(F)(F)c1c[nH]c(-c2ccccc2)cc1=S. The highest BCUT2D eigenvalue weighted by atomic mass is 32.1. The summed E-state index contributed by atoms with van der Waals surface area (Å²) in [6.45, 7) is 0. The number of halogens is 3. The number of nitrogens with one attached hydrogen (secondary N) is 1. The first-order chi connectivity index (χ1) is 7.98. The third kappa shape index (κ3) is 2.55. The van der Waals surface area contributed by atoms with Gasteiger partial charge >= 0.3 is 6.18 Å². The van der Waals surface area contributed by atoms with E-state index in [0.717, 1.165) is 11.8 Å². The van der Waals surface area contributed by atoms with Crippen LogP contribution in [-0.4, -0.2) is 4.98 Å². The Morgan fingerprint density at radius 3 is 2.24 bits per heavy atom. The number of alkyl halides is 3.